The minimum absolute atomic E-state index is 0.196. The molecule has 4 aromatic rings. The molecule has 0 fully saturated rings. The molecule has 228 valence electrons. The highest BCUT2D eigenvalue weighted by Crippen LogP contribution is 2.18. The Labute approximate surface area is 247 Å². The van der Waals surface area contributed by atoms with Crippen molar-refractivity contribution < 1.29 is 39.2 Å². The van der Waals surface area contributed by atoms with E-state index < -0.39 is 36.4 Å². The molecule has 0 amide bonds. The van der Waals surface area contributed by atoms with Crippen LogP contribution >= 0.6 is 0 Å². The summed E-state index contributed by atoms with van der Waals surface area (Å²) in [6, 6.07) is 15.1. The molecule has 0 radical (unpaired) electrons. The van der Waals surface area contributed by atoms with Gasteiger partial charge >= 0.3 is 17.9 Å². The van der Waals surface area contributed by atoms with Crippen LogP contribution in [0.15, 0.2) is 79.6 Å². The summed E-state index contributed by atoms with van der Waals surface area (Å²) >= 11 is 0. The number of pyridine rings is 1. The van der Waals surface area contributed by atoms with Crippen molar-refractivity contribution >= 4 is 17.9 Å². The van der Waals surface area contributed by atoms with Gasteiger partial charge in [0.25, 0.3) is 0 Å². The van der Waals surface area contributed by atoms with Crippen molar-refractivity contribution in [2.24, 2.45) is 0 Å². The molecule has 0 spiro atoms. The predicted molar refractivity (Wildman–Crippen MR) is 153 cm³/mol. The summed E-state index contributed by atoms with van der Waals surface area (Å²) in [6.07, 6.45) is 8.18. The Hall–Kier alpha value is -4.88. The first kappa shape index (κ1) is 32.6. The summed E-state index contributed by atoms with van der Waals surface area (Å²) in [6.45, 7) is 5.31. The van der Waals surface area contributed by atoms with E-state index in [0.29, 0.717) is 6.54 Å². The fraction of sp³-hybridized carbons (Fsp3) is 0.300. The average Bonchev–Trinajstić information content (AvgIpc) is 3.61. The monoisotopic (exact) mass is 595 g/mol. The van der Waals surface area contributed by atoms with Crippen molar-refractivity contribution in [1.82, 2.24) is 24.0 Å². The lowest BCUT2D eigenvalue weighted by molar-refractivity contribution is -0.170. The lowest BCUT2D eigenvalue weighted by atomic mass is 9.96. The number of aryl methyl sites for hydroxylation is 2. The van der Waals surface area contributed by atoms with Crippen LogP contribution in [-0.2, 0) is 34.0 Å². The van der Waals surface area contributed by atoms with Gasteiger partial charge in [-0.2, -0.15) is 0 Å². The first-order valence-corrected chi connectivity index (χ1v) is 13.4. The van der Waals surface area contributed by atoms with Crippen molar-refractivity contribution in [3.8, 4) is 5.82 Å². The van der Waals surface area contributed by atoms with Crippen molar-refractivity contribution in [3.63, 3.8) is 0 Å². The molecule has 4 N–H and O–H groups in total. The number of carboxylic acid groups (broad SMARTS) is 3. The van der Waals surface area contributed by atoms with Crippen LogP contribution in [0.5, 0.6) is 0 Å². The number of rotatable bonds is 14. The van der Waals surface area contributed by atoms with Gasteiger partial charge in [0.05, 0.1) is 19.2 Å². The number of nitrogens with zero attached hydrogens (tertiary/aromatic N) is 5. The molecule has 0 saturated heterocycles. The summed E-state index contributed by atoms with van der Waals surface area (Å²) in [5, 5.41) is 33.8. The number of hydrogen-bond donors (Lipinski definition) is 4. The second kappa shape index (κ2) is 15.4. The summed E-state index contributed by atoms with van der Waals surface area (Å²) in [5.74, 6) is -4.27. The van der Waals surface area contributed by atoms with Crippen LogP contribution in [0.25, 0.3) is 5.82 Å². The predicted octanol–water partition coefficient (Wildman–Crippen LogP) is 3.36. The number of benzene rings is 1. The summed E-state index contributed by atoms with van der Waals surface area (Å²) < 4.78 is 17.9. The van der Waals surface area contributed by atoms with E-state index in [1.807, 2.05) is 30.9 Å². The van der Waals surface area contributed by atoms with Gasteiger partial charge in [-0.05, 0) is 54.8 Å². The molecule has 0 saturated carbocycles. The van der Waals surface area contributed by atoms with E-state index in [9.17, 15) is 18.8 Å². The van der Waals surface area contributed by atoms with Crippen LogP contribution in [0.1, 0.15) is 36.1 Å². The molecule has 0 atom stereocenters. The van der Waals surface area contributed by atoms with Crippen LogP contribution in [0, 0.1) is 12.7 Å². The molecule has 0 unspecified atom stereocenters. The Balaban J connectivity index is 0.000000331. The van der Waals surface area contributed by atoms with Crippen LogP contribution in [-0.4, -0.2) is 74.5 Å². The lowest BCUT2D eigenvalue weighted by Crippen LogP contribution is -2.42. The summed E-state index contributed by atoms with van der Waals surface area (Å²) in [7, 11) is 0. The van der Waals surface area contributed by atoms with Gasteiger partial charge in [-0.3, -0.25) is 14.5 Å². The zero-order chi connectivity index (χ0) is 31.4. The number of carbonyl (C=O) groups is 3. The minimum atomic E-state index is -2.74. The third-order valence-corrected chi connectivity index (χ3v) is 6.46. The topological polar surface area (TPSA) is 171 Å². The van der Waals surface area contributed by atoms with E-state index in [-0.39, 0.29) is 5.82 Å². The minimum Gasteiger partial charge on any atom is -0.481 e. The van der Waals surface area contributed by atoms with E-state index in [4.69, 9.17) is 20.4 Å². The molecule has 43 heavy (non-hydrogen) atoms. The molecule has 0 bridgehead atoms. The van der Waals surface area contributed by atoms with Crippen molar-refractivity contribution in [3.05, 3.63) is 102 Å². The highest BCUT2D eigenvalue weighted by atomic mass is 19.1. The van der Waals surface area contributed by atoms with E-state index in [1.165, 1.54) is 6.07 Å². The van der Waals surface area contributed by atoms with E-state index >= 15 is 0 Å². The average molecular weight is 596 g/mol. The fourth-order valence-electron chi connectivity index (χ4n) is 4.43. The maximum atomic E-state index is 13.7. The normalized spacial score (nSPS) is 11.2. The van der Waals surface area contributed by atoms with E-state index in [0.717, 1.165) is 48.7 Å². The highest BCUT2D eigenvalue weighted by molar-refractivity contribution is 5.88. The van der Waals surface area contributed by atoms with Gasteiger partial charge in [-0.25, -0.2) is 19.2 Å². The molecule has 12 nitrogen and oxygen atoms in total. The number of aromatic nitrogens is 4. The first-order chi connectivity index (χ1) is 20.5. The fourth-order valence-corrected chi connectivity index (χ4v) is 4.43. The van der Waals surface area contributed by atoms with Gasteiger partial charge in [0.2, 0.25) is 0 Å². The molecule has 3 heterocycles. The number of hydrogen-bond acceptors (Lipinski definition) is 7. The third kappa shape index (κ3) is 10.2. The second-order valence-electron chi connectivity index (χ2n) is 9.99. The molecule has 4 rings (SSSR count). The lowest BCUT2D eigenvalue weighted by Gasteiger charge is -2.24. The maximum Gasteiger partial charge on any atom is 0.336 e. The number of halogens is 1. The second-order valence-corrected chi connectivity index (χ2v) is 9.99. The number of aliphatic hydroxyl groups is 1. The third-order valence-electron chi connectivity index (χ3n) is 6.46. The van der Waals surface area contributed by atoms with Crippen molar-refractivity contribution in [2.45, 2.75) is 51.4 Å². The van der Waals surface area contributed by atoms with Gasteiger partial charge in [0, 0.05) is 56.7 Å². The molecule has 0 aliphatic heterocycles. The molecule has 13 heteroatoms. The van der Waals surface area contributed by atoms with Gasteiger partial charge in [-0.15, -0.1) is 0 Å². The smallest absolute Gasteiger partial charge is 0.336 e. The zero-order valence-corrected chi connectivity index (χ0v) is 23.6. The standard InChI is InChI=1S/C24H26FN5.C6H8O7/c1-20-6-3-10-27-24(20)30-14-4-9-23(30)18-29(13-5-12-28-15-11-26-19-28)17-21-7-2-8-22(25)16-21;7-3(8)1-6(13,5(11)12)2-4(9)10/h2-4,6-11,14-16,19H,5,12-13,17-18H2,1H3;13H,1-2H2,(H,7,8)(H,9,10)(H,11,12). The SMILES string of the molecule is Cc1cccnc1-n1cccc1CN(CCCn1ccnc1)Cc1cccc(F)c1.O=C(O)CC(O)(CC(=O)O)C(=O)O. The van der Waals surface area contributed by atoms with Crippen molar-refractivity contribution in [1.29, 1.82) is 0 Å². The van der Waals surface area contributed by atoms with Crippen LogP contribution < -0.4 is 0 Å². The van der Waals surface area contributed by atoms with Crippen molar-refractivity contribution in [2.75, 3.05) is 6.54 Å². The number of carboxylic acids is 3. The molecule has 0 aliphatic carbocycles. The molecular weight excluding hydrogens is 561 g/mol. The Morgan fingerprint density at radius 3 is 2.30 bits per heavy atom. The Bertz CT molecular complexity index is 1490. The van der Waals surface area contributed by atoms with Gasteiger partial charge in [0.15, 0.2) is 5.60 Å². The zero-order valence-electron chi connectivity index (χ0n) is 23.6. The van der Waals surface area contributed by atoms with Gasteiger partial charge in [0.1, 0.15) is 11.6 Å². The summed E-state index contributed by atoms with van der Waals surface area (Å²) in [4.78, 5) is 41.5. The van der Waals surface area contributed by atoms with E-state index in [2.05, 4.69) is 55.3 Å². The summed E-state index contributed by atoms with van der Waals surface area (Å²) in [5.41, 5.74) is 0.532. The van der Waals surface area contributed by atoms with Crippen LogP contribution in [0.3, 0.4) is 0 Å². The first-order valence-electron chi connectivity index (χ1n) is 13.4. The quantitative estimate of drug-likeness (QED) is 0.169. The number of imidazole rings is 1. The Morgan fingerprint density at radius 1 is 0.953 bits per heavy atom. The molecule has 3 aromatic heterocycles. The van der Waals surface area contributed by atoms with Gasteiger partial charge in [-0.1, -0.05) is 18.2 Å². The Morgan fingerprint density at radius 2 is 1.70 bits per heavy atom. The van der Waals surface area contributed by atoms with E-state index in [1.54, 1.807) is 18.3 Å². The maximum absolute atomic E-state index is 13.7. The molecule has 0 aliphatic rings. The van der Waals surface area contributed by atoms with Crippen LogP contribution in [0.2, 0.25) is 0 Å². The van der Waals surface area contributed by atoms with Crippen LogP contribution in [0.4, 0.5) is 4.39 Å². The highest BCUT2D eigenvalue weighted by Gasteiger charge is 2.40. The molecular formula is C30H34FN5O7. The number of aliphatic carboxylic acids is 3. The van der Waals surface area contributed by atoms with Gasteiger partial charge < -0.3 is 29.6 Å². The largest absolute Gasteiger partial charge is 0.481 e. The molecule has 1 aromatic carbocycles. The Kier molecular flexibility index (Phi) is 11.7.